The van der Waals surface area contributed by atoms with Crippen molar-refractivity contribution in [1.82, 2.24) is 14.2 Å². The van der Waals surface area contributed by atoms with Gasteiger partial charge in [0.2, 0.25) is 0 Å². The van der Waals surface area contributed by atoms with Crippen molar-refractivity contribution < 1.29 is 18.3 Å². The van der Waals surface area contributed by atoms with Gasteiger partial charge in [0, 0.05) is 47.9 Å². The van der Waals surface area contributed by atoms with Crippen molar-refractivity contribution in [2.75, 3.05) is 26.2 Å². The van der Waals surface area contributed by atoms with E-state index in [2.05, 4.69) is 4.98 Å². The molecule has 1 saturated heterocycles. The van der Waals surface area contributed by atoms with Crippen molar-refractivity contribution in [1.29, 1.82) is 0 Å². The molecule has 1 amide bonds. The molecule has 2 N–H and O–H groups in total. The molecule has 0 aliphatic carbocycles. The largest absolute Gasteiger partial charge is 0.465 e. The number of carboxylic acid groups (broad SMARTS) is 1. The molecule has 0 radical (unpaired) electrons. The number of sulfonamides is 1. The molecule has 1 aliphatic rings. The fourth-order valence-electron chi connectivity index (χ4n) is 3.04. The number of aromatic amines is 1. The van der Waals surface area contributed by atoms with Crippen LogP contribution in [0.1, 0.15) is 18.2 Å². The molecule has 0 aromatic carbocycles. The molecule has 2 aromatic heterocycles. The zero-order chi connectivity index (χ0) is 19.8. The number of hydrogen-bond acceptors (Lipinski definition) is 5. The Labute approximate surface area is 161 Å². The standard InChI is InChI=1S/C17H21N3O5S2/c1-3-12-10-13(11(2)18-16(12)21)14-4-5-15(26-14)27(24,25)20-8-6-19(7-9-20)17(22)23/h4-5,10H,3,6-9H2,1-2H3,(H,18,21)(H,22,23). The number of pyridine rings is 1. The van der Waals surface area contributed by atoms with E-state index >= 15 is 0 Å². The summed E-state index contributed by atoms with van der Waals surface area (Å²) in [5.74, 6) is 0. The van der Waals surface area contributed by atoms with E-state index in [1.165, 1.54) is 9.21 Å². The number of thiophene rings is 1. The maximum atomic E-state index is 12.9. The first-order valence-corrected chi connectivity index (χ1v) is 10.8. The number of rotatable bonds is 4. The number of hydrogen-bond donors (Lipinski definition) is 2. The summed E-state index contributed by atoms with van der Waals surface area (Å²) < 4.78 is 27.3. The van der Waals surface area contributed by atoms with Gasteiger partial charge in [-0.05, 0) is 31.5 Å². The summed E-state index contributed by atoms with van der Waals surface area (Å²) in [6, 6.07) is 5.11. The fraction of sp³-hybridized carbons (Fsp3) is 0.412. The van der Waals surface area contributed by atoms with Crippen LogP contribution in [0.25, 0.3) is 10.4 Å². The van der Waals surface area contributed by atoms with Gasteiger partial charge in [0.1, 0.15) is 4.21 Å². The van der Waals surface area contributed by atoms with Gasteiger partial charge < -0.3 is 15.0 Å². The SMILES string of the molecule is CCc1cc(-c2ccc(S(=O)(=O)N3CCN(C(=O)O)CC3)s2)c(C)[nH]c1=O. The van der Waals surface area contributed by atoms with Crippen LogP contribution in [0.3, 0.4) is 0 Å². The normalized spacial score (nSPS) is 15.9. The second kappa shape index (κ2) is 7.45. The van der Waals surface area contributed by atoms with Crippen LogP contribution >= 0.6 is 11.3 Å². The highest BCUT2D eigenvalue weighted by atomic mass is 32.2. The summed E-state index contributed by atoms with van der Waals surface area (Å²) in [6.07, 6.45) is -0.446. The van der Waals surface area contributed by atoms with Crippen molar-refractivity contribution in [2.24, 2.45) is 0 Å². The first-order chi connectivity index (χ1) is 12.7. The van der Waals surface area contributed by atoms with Gasteiger partial charge in [-0.15, -0.1) is 11.3 Å². The highest BCUT2D eigenvalue weighted by molar-refractivity contribution is 7.91. The van der Waals surface area contributed by atoms with Gasteiger partial charge in [0.25, 0.3) is 15.6 Å². The number of aromatic nitrogens is 1. The number of H-pyrrole nitrogens is 1. The monoisotopic (exact) mass is 411 g/mol. The van der Waals surface area contributed by atoms with E-state index < -0.39 is 16.1 Å². The topological polar surface area (TPSA) is 111 Å². The van der Waals surface area contributed by atoms with E-state index in [1.807, 2.05) is 13.0 Å². The van der Waals surface area contributed by atoms with Crippen LogP contribution in [-0.2, 0) is 16.4 Å². The average molecular weight is 412 g/mol. The Bertz CT molecular complexity index is 1020. The molecule has 0 spiro atoms. The van der Waals surface area contributed by atoms with E-state index in [-0.39, 0.29) is 35.9 Å². The second-order valence-electron chi connectivity index (χ2n) is 6.31. The van der Waals surface area contributed by atoms with Gasteiger partial charge in [-0.1, -0.05) is 6.92 Å². The molecule has 1 aliphatic heterocycles. The van der Waals surface area contributed by atoms with E-state index in [0.29, 0.717) is 17.7 Å². The molecule has 146 valence electrons. The maximum Gasteiger partial charge on any atom is 0.407 e. The van der Waals surface area contributed by atoms with Crippen LogP contribution in [0.4, 0.5) is 4.79 Å². The van der Waals surface area contributed by atoms with Crippen molar-refractivity contribution in [2.45, 2.75) is 24.5 Å². The molecule has 8 nitrogen and oxygen atoms in total. The van der Waals surface area contributed by atoms with Gasteiger partial charge in [0.05, 0.1) is 0 Å². The smallest absolute Gasteiger partial charge is 0.407 e. The minimum absolute atomic E-state index is 0.126. The first-order valence-electron chi connectivity index (χ1n) is 8.55. The van der Waals surface area contributed by atoms with Crippen LogP contribution < -0.4 is 5.56 Å². The predicted octanol–water partition coefficient (Wildman–Crippen LogP) is 1.96. The lowest BCUT2D eigenvalue weighted by atomic mass is 10.1. The Morgan fingerprint density at radius 3 is 2.52 bits per heavy atom. The summed E-state index contributed by atoms with van der Waals surface area (Å²) in [5.41, 5.74) is 2.03. The Kier molecular flexibility index (Phi) is 5.41. The third-order valence-corrected chi connectivity index (χ3v) is 8.13. The molecule has 10 heteroatoms. The third-order valence-electron chi connectivity index (χ3n) is 4.65. The highest BCUT2D eigenvalue weighted by Gasteiger charge is 2.31. The van der Waals surface area contributed by atoms with Crippen LogP contribution in [0, 0.1) is 6.92 Å². The summed E-state index contributed by atoms with van der Waals surface area (Å²) in [7, 11) is -3.67. The van der Waals surface area contributed by atoms with Gasteiger partial charge >= 0.3 is 6.09 Å². The Morgan fingerprint density at radius 1 is 1.26 bits per heavy atom. The molecule has 0 unspecified atom stereocenters. The molecule has 0 saturated carbocycles. The van der Waals surface area contributed by atoms with Gasteiger partial charge in [-0.25, -0.2) is 13.2 Å². The lowest BCUT2D eigenvalue weighted by Crippen LogP contribution is -2.50. The van der Waals surface area contributed by atoms with Gasteiger partial charge in [-0.3, -0.25) is 4.79 Å². The van der Waals surface area contributed by atoms with Gasteiger partial charge in [0.15, 0.2) is 0 Å². The van der Waals surface area contributed by atoms with Crippen molar-refractivity contribution in [3.05, 3.63) is 39.8 Å². The summed E-state index contributed by atoms with van der Waals surface area (Å²) in [4.78, 5) is 27.7. The van der Waals surface area contributed by atoms with Crippen molar-refractivity contribution in [3.8, 4) is 10.4 Å². The summed E-state index contributed by atoms with van der Waals surface area (Å²) in [5, 5.41) is 9.00. The zero-order valence-corrected chi connectivity index (χ0v) is 16.7. The van der Waals surface area contributed by atoms with E-state index in [1.54, 1.807) is 19.1 Å². The maximum absolute atomic E-state index is 12.9. The molecular formula is C17H21N3O5S2. The van der Waals surface area contributed by atoms with Crippen LogP contribution in [0.2, 0.25) is 0 Å². The first kappa shape index (κ1) is 19.6. The lowest BCUT2D eigenvalue weighted by Gasteiger charge is -2.31. The Hall–Kier alpha value is -2.17. The number of aryl methyl sites for hydroxylation is 2. The van der Waals surface area contributed by atoms with E-state index in [9.17, 15) is 18.0 Å². The predicted molar refractivity (Wildman–Crippen MR) is 103 cm³/mol. The highest BCUT2D eigenvalue weighted by Crippen LogP contribution is 2.33. The van der Waals surface area contributed by atoms with Crippen molar-refractivity contribution >= 4 is 27.5 Å². The number of piperazine rings is 1. The third kappa shape index (κ3) is 3.78. The number of nitrogens with zero attached hydrogens (tertiary/aromatic N) is 2. The lowest BCUT2D eigenvalue weighted by molar-refractivity contribution is 0.126. The minimum atomic E-state index is -3.67. The van der Waals surface area contributed by atoms with Crippen LogP contribution in [0.5, 0.6) is 0 Å². The molecule has 27 heavy (non-hydrogen) atoms. The molecule has 2 aromatic rings. The molecule has 3 rings (SSSR count). The Balaban J connectivity index is 1.88. The molecule has 0 atom stereocenters. The minimum Gasteiger partial charge on any atom is -0.465 e. The van der Waals surface area contributed by atoms with Gasteiger partial charge in [-0.2, -0.15) is 4.31 Å². The number of nitrogens with one attached hydrogen (secondary N) is 1. The molecular weight excluding hydrogens is 390 g/mol. The zero-order valence-electron chi connectivity index (χ0n) is 15.1. The average Bonchev–Trinajstić information content (AvgIpc) is 3.12. The van der Waals surface area contributed by atoms with E-state index in [0.717, 1.165) is 21.8 Å². The van der Waals surface area contributed by atoms with E-state index in [4.69, 9.17) is 5.11 Å². The molecule has 3 heterocycles. The number of carbonyl (C=O) groups is 1. The second-order valence-corrected chi connectivity index (χ2v) is 9.56. The summed E-state index contributed by atoms with van der Waals surface area (Å²) >= 11 is 1.15. The quantitative estimate of drug-likeness (QED) is 0.799. The molecule has 0 bridgehead atoms. The summed E-state index contributed by atoms with van der Waals surface area (Å²) in [6.45, 7) is 4.27. The molecule has 1 fully saturated rings. The van der Waals surface area contributed by atoms with Crippen LogP contribution in [-0.4, -0.2) is 60.0 Å². The van der Waals surface area contributed by atoms with Crippen molar-refractivity contribution in [3.63, 3.8) is 0 Å². The Morgan fingerprint density at radius 2 is 1.93 bits per heavy atom. The fourth-order valence-corrected chi connectivity index (χ4v) is 5.99. The number of amides is 1. The van der Waals surface area contributed by atoms with Crippen LogP contribution in [0.15, 0.2) is 27.2 Å².